The first-order valence-corrected chi connectivity index (χ1v) is 10.6. The van der Waals surface area contributed by atoms with E-state index in [1.807, 2.05) is 65.1 Å². The maximum Gasteiger partial charge on any atom is 0.226 e. The van der Waals surface area contributed by atoms with Crippen LogP contribution >= 0.6 is 0 Å². The first-order chi connectivity index (χ1) is 15.6. The fraction of sp³-hybridized carbons (Fsp3) is 0.400. The summed E-state index contributed by atoms with van der Waals surface area (Å²) in [6, 6.07) is 11.4. The molecule has 0 saturated heterocycles. The average molecular weight is 452 g/mol. The minimum absolute atomic E-state index is 0.147. The number of aryl methyl sites for hydroxylation is 2. The first kappa shape index (κ1) is 25.5. The maximum absolute atomic E-state index is 12.9. The van der Waals surface area contributed by atoms with Crippen LogP contribution in [0.1, 0.15) is 37.5 Å². The Balaban J connectivity index is 2.25. The molecule has 8 nitrogen and oxygen atoms in total. The number of hydrogen-bond acceptors (Lipinski definition) is 5. The van der Waals surface area contributed by atoms with Gasteiger partial charge in [0.2, 0.25) is 11.9 Å². The first-order valence-electron chi connectivity index (χ1n) is 10.6. The average Bonchev–Trinajstić information content (AvgIpc) is 2.75. The van der Waals surface area contributed by atoms with Gasteiger partial charge in [-0.15, -0.1) is 0 Å². The van der Waals surface area contributed by atoms with Crippen LogP contribution in [-0.2, 0) is 11.2 Å². The summed E-state index contributed by atoms with van der Waals surface area (Å²) in [4.78, 5) is 17.5. The van der Waals surface area contributed by atoms with Gasteiger partial charge in [-0.05, 0) is 48.7 Å². The maximum atomic E-state index is 12.9. The van der Waals surface area contributed by atoms with Crippen molar-refractivity contribution in [2.24, 2.45) is 10.4 Å². The van der Waals surface area contributed by atoms with Gasteiger partial charge in [0, 0.05) is 11.1 Å². The van der Waals surface area contributed by atoms with E-state index in [0.29, 0.717) is 11.5 Å². The second-order valence-electron chi connectivity index (χ2n) is 8.86. The summed E-state index contributed by atoms with van der Waals surface area (Å²) in [5.74, 6) is 1.22. The summed E-state index contributed by atoms with van der Waals surface area (Å²) in [6.45, 7) is 9.88. The van der Waals surface area contributed by atoms with Crippen molar-refractivity contribution < 1.29 is 14.3 Å². The minimum atomic E-state index is -0.585. The fourth-order valence-corrected chi connectivity index (χ4v) is 3.10. The number of benzene rings is 2. The van der Waals surface area contributed by atoms with Crippen molar-refractivity contribution in [3.63, 3.8) is 0 Å². The summed E-state index contributed by atoms with van der Waals surface area (Å²) in [5.41, 5.74) is 3.30. The Morgan fingerprint density at radius 2 is 1.79 bits per heavy atom. The van der Waals surface area contributed by atoms with Crippen molar-refractivity contribution in [3.8, 4) is 17.7 Å². The molecule has 0 saturated carbocycles. The van der Waals surface area contributed by atoms with Crippen molar-refractivity contribution in [3.05, 3.63) is 53.1 Å². The molecular formula is C25H33N5O3. The van der Waals surface area contributed by atoms with Gasteiger partial charge in [-0.2, -0.15) is 5.26 Å². The molecule has 0 aromatic heterocycles. The fourth-order valence-electron chi connectivity index (χ4n) is 3.10. The van der Waals surface area contributed by atoms with Crippen LogP contribution in [0, 0.1) is 30.7 Å². The van der Waals surface area contributed by atoms with Crippen LogP contribution in [0.15, 0.2) is 41.4 Å². The third kappa shape index (κ3) is 7.42. The Morgan fingerprint density at radius 1 is 1.09 bits per heavy atom. The lowest BCUT2D eigenvalue weighted by molar-refractivity contribution is -0.121. The summed E-state index contributed by atoms with van der Waals surface area (Å²) >= 11 is 0. The second-order valence-corrected chi connectivity index (χ2v) is 8.86. The molecule has 176 valence electrons. The van der Waals surface area contributed by atoms with E-state index < -0.39 is 11.6 Å². The van der Waals surface area contributed by atoms with E-state index in [0.717, 1.165) is 22.4 Å². The van der Waals surface area contributed by atoms with Crippen LogP contribution < -0.4 is 25.4 Å². The van der Waals surface area contributed by atoms with E-state index in [2.05, 4.69) is 20.9 Å². The molecule has 0 aliphatic rings. The number of hydrogen-bond donors (Lipinski definition) is 3. The van der Waals surface area contributed by atoms with Crippen molar-refractivity contribution in [2.45, 2.75) is 47.2 Å². The Morgan fingerprint density at radius 3 is 2.39 bits per heavy atom. The number of carbonyl (C=O) groups is 1. The third-order valence-corrected chi connectivity index (χ3v) is 5.01. The largest absolute Gasteiger partial charge is 0.493 e. The molecule has 0 aliphatic carbocycles. The quantitative estimate of drug-likeness (QED) is 0.255. The van der Waals surface area contributed by atoms with Crippen LogP contribution in [0.3, 0.4) is 0 Å². The normalized spacial score (nSPS) is 12.4. The molecule has 0 aliphatic heterocycles. The monoisotopic (exact) mass is 451 g/mol. The van der Waals surface area contributed by atoms with Crippen LogP contribution in [0.5, 0.6) is 11.5 Å². The van der Waals surface area contributed by atoms with Gasteiger partial charge in [-0.25, -0.2) is 4.99 Å². The smallest absolute Gasteiger partial charge is 0.226 e. The molecule has 2 aromatic carbocycles. The van der Waals surface area contributed by atoms with Crippen LogP contribution in [-0.4, -0.2) is 32.3 Å². The van der Waals surface area contributed by atoms with E-state index in [1.165, 1.54) is 0 Å². The number of methoxy groups -OCH3 is 2. The van der Waals surface area contributed by atoms with Gasteiger partial charge in [-0.1, -0.05) is 39.0 Å². The highest BCUT2D eigenvalue weighted by atomic mass is 16.5. The number of aliphatic imine (C=N–C) groups is 1. The molecular weight excluding hydrogens is 418 g/mol. The molecule has 1 unspecified atom stereocenters. The van der Waals surface area contributed by atoms with E-state index in [4.69, 9.17) is 9.47 Å². The zero-order valence-corrected chi connectivity index (χ0v) is 20.4. The molecule has 1 amide bonds. The predicted octanol–water partition coefficient (Wildman–Crippen LogP) is 3.89. The van der Waals surface area contributed by atoms with Crippen LogP contribution in [0.2, 0.25) is 0 Å². The number of rotatable bonds is 7. The molecule has 3 N–H and O–H groups in total. The van der Waals surface area contributed by atoms with E-state index in [9.17, 15) is 10.1 Å². The molecule has 2 aromatic rings. The number of amides is 1. The van der Waals surface area contributed by atoms with Crippen LogP contribution in [0.25, 0.3) is 0 Å². The second kappa shape index (κ2) is 11.2. The van der Waals surface area contributed by atoms with E-state index in [1.54, 1.807) is 26.4 Å². The van der Waals surface area contributed by atoms with Crippen molar-refractivity contribution in [2.75, 3.05) is 19.5 Å². The number of ether oxygens (including phenoxy) is 2. The van der Waals surface area contributed by atoms with Crippen LogP contribution in [0.4, 0.5) is 5.69 Å². The third-order valence-electron chi connectivity index (χ3n) is 5.01. The highest BCUT2D eigenvalue weighted by Crippen LogP contribution is 2.28. The SMILES string of the molecule is COc1ccc(CC(=O)NC(/N=C(\NC#N)Nc2cc(C)ccc2C)C(C)(C)C)cc1OC. The number of nitriles is 1. The Kier molecular flexibility index (Phi) is 8.69. The minimum Gasteiger partial charge on any atom is -0.493 e. The van der Waals surface area contributed by atoms with Gasteiger partial charge >= 0.3 is 0 Å². The molecule has 0 fully saturated rings. The molecule has 0 heterocycles. The Bertz CT molecular complexity index is 1050. The van der Waals surface area contributed by atoms with Gasteiger partial charge in [0.25, 0.3) is 0 Å². The molecule has 8 heteroatoms. The zero-order chi connectivity index (χ0) is 24.6. The molecule has 0 radical (unpaired) electrons. The Hall–Kier alpha value is -3.73. The van der Waals surface area contributed by atoms with Gasteiger partial charge in [0.05, 0.1) is 20.6 Å². The Labute approximate surface area is 196 Å². The molecule has 0 spiro atoms. The molecule has 0 bridgehead atoms. The zero-order valence-electron chi connectivity index (χ0n) is 20.4. The van der Waals surface area contributed by atoms with Gasteiger partial charge in [0.15, 0.2) is 17.7 Å². The summed E-state index contributed by atoms with van der Waals surface area (Å²) in [7, 11) is 3.12. The van der Waals surface area contributed by atoms with E-state index >= 15 is 0 Å². The number of carbonyl (C=O) groups excluding carboxylic acids is 1. The summed E-state index contributed by atoms with van der Waals surface area (Å²) in [6.07, 6.45) is 1.48. The molecule has 2 rings (SSSR count). The van der Waals surface area contributed by atoms with Crippen molar-refractivity contribution >= 4 is 17.6 Å². The van der Waals surface area contributed by atoms with Gasteiger partial charge < -0.3 is 20.1 Å². The number of nitrogens with one attached hydrogen (secondary N) is 3. The van der Waals surface area contributed by atoms with Gasteiger partial charge in [-0.3, -0.25) is 10.1 Å². The lowest BCUT2D eigenvalue weighted by Crippen LogP contribution is -2.45. The highest BCUT2D eigenvalue weighted by Gasteiger charge is 2.27. The molecule has 33 heavy (non-hydrogen) atoms. The standard InChI is InChI=1S/C25H33N5O3/c1-16-8-9-17(2)19(12-16)28-24(27-15-26)30-23(25(3,4)5)29-22(31)14-18-10-11-20(32-6)21(13-18)33-7/h8-13,23H,14H2,1-7H3,(H,29,31)(H2,27,28,30). The number of anilines is 1. The topological polar surface area (TPSA) is 108 Å². The highest BCUT2D eigenvalue weighted by molar-refractivity contribution is 5.95. The molecule has 1 atom stereocenters. The number of guanidine groups is 1. The number of nitrogens with zero attached hydrogens (tertiary/aromatic N) is 2. The summed E-state index contributed by atoms with van der Waals surface area (Å²) in [5, 5.41) is 18.0. The lowest BCUT2D eigenvalue weighted by Gasteiger charge is -2.29. The summed E-state index contributed by atoms with van der Waals surface area (Å²) < 4.78 is 10.6. The van der Waals surface area contributed by atoms with Crippen molar-refractivity contribution in [1.29, 1.82) is 5.26 Å². The lowest BCUT2D eigenvalue weighted by atomic mass is 9.92. The van der Waals surface area contributed by atoms with Gasteiger partial charge in [0.1, 0.15) is 6.17 Å². The van der Waals surface area contributed by atoms with E-state index in [-0.39, 0.29) is 18.3 Å². The van der Waals surface area contributed by atoms with Crippen molar-refractivity contribution in [1.82, 2.24) is 10.6 Å². The predicted molar refractivity (Wildman–Crippen MR) is 130 cm³/mol.